The van der Waals surface area contributed by atoms with E-state index in [2.05, 4.69) is 17.1 Å². The van der Waals surface area contributed by atoms with E-state index in [4.69, 9.17) is 11.5 Å². The summed E-state index contributed by atoms with van der Waals surface area (Å²) in [7, 11) is 0. The number of nitrogens with zero attached hydrogens (tertiary/aromatic N) is 1. The molecule has 3 amide bonds. The molecule has 0 spiro atoms. The number of amides is 3. The van der Waals surface area contributed by atoms with Crippen LogP contribution < -0.4 is 16.8 Å². The molecule has 7 heteroatoms. The second kappa shape index (κ2) is 7.23. The second-order valence-electron chi connectivity index (χ2n) is 5.89. The van der Waals surface area contributed by atoms with Crippen molar-refractivity contribution in [1.29, 1.82) is 0 Å². The molecule has 0 radical (unpaired) electrons. The minimum Gasteiger partial charge on any atom is -0.366 e. The standard InChI is InChI=1S/C16H22N4O3/c1-10-4-2-3-5-20(10)9-14(21)19-13-7-11(15(17)22)6-12(8-13)16(18)23/h6-8,10H,2-5,9H2,1H3,(H2,17,22)(H2,18,23)(H,19,21). The van der Waals surface area contributed by atoms with Crippen LogP contribution in [-0.2, 0) is 4.79 Å². The smallest absolute Gasteiger partial charge is 0.248 e. The van der Waals surface area contributed by atoms with Gasteiger partial charge in [0.2, 0.25) is 17.7 Å². The summed E-state index contributed by atoms with van der Waals surface area (Å²) in [5, 5.41) is 2.70. The van der Waals surface area contributed by atoms with E-state index in [0.717, 1.165) is 19.4 Å². The quantitative estimate of drug-likeness (QED) is 0.740. The van der Waals surface area contributed by atoms with E-state index in [0.29, 0.717) is 11.7 Å². The molecule has 5 N–H and O–H groups in total. The summed E-state index contributed by atoms with van der Waals surface area (Å²) in [4.78, 5) is 37.0. The maximum Gasteiger partial charge on any atom is 0.248 e. The predicted octanol–water partition coefficient (Wildman–Crippen LogP) is 0.697. The molecular weight excluding hydrogens is 296 g/mol. The van der Waals surface area contributed by atoms with Crippen molar-refractivity contribution in [2.24, 2.45) is 11.5 Å². The van der Waals surface area contributed by atoms with Gasteiger partial charge in [-0.2, -0.15) is 0 Å². The van der Waals surface area contributed by atoms with E-state index in [1.807, 2.05) is 0 Å². The predicted molar refractivity (Wildman–Crippen MR) is 87.0 cm³/mol. The fraction of sp³-hybridized carbons (Fsp3) is 0.438. The lowest BCUT2D eigenvalue weighted by atomic mass is 10.0. The summed E-state index contributed by atoms with van der Waals surface area (Å²) in [6, 6.07) is 4.55. The molecule has 1 aliphatic rings. The van der Waals surface area contributed by atoms with E-state index >= 15 is 0 Å². The van der Waals surface area contributed by atoms with E-state index in [9.17, 15) is 14.4 Å². The molecular formula is C16H22N4O3. The van der Waals surface area contributed by atoms with Crippen LogP contribution in [0.3, 0.4) is 0 Å². The van der Waals surface area contributed by atoms with Gasteiger partial charge >= 0.3 is 0 Å². The van der Waals surface area contributed by atoms with Crippen LogP contribution in [0.5, 0.6) is 0 Å². The van der Waals surface area contributed by atoms with Crippen LogP contribution in [0.15, 0.2) is 18.2 Å². The third kappa shape index (κ3) is 4.53. The Morgan fingerprint density at radius 2 is 1.74 bits per heavy atom. The van der Waals surface area contributed by atoms with Crippen molar-refractivity contribution < 1.29 is 14.4 Å². The lowest BCUT2D eigenvalue weighted by Crippen LogP contribution is -2.42. The molecule has 0 saturated carbocycles. The van der Waals surface area contributed by atoms with E-state index in [1.165, 1.54) is 24.6 Å². The van der Waals surface area contributed by atoms with Crippen molar-refractivity contribution in [3.63, 3.8) is 0 Å². The zero-order chi connectivity index (χ0) is 17.0. The summed E-state index contributed by atoms with van der Waals surface area (Å²) >= 11 is 0. The van der Waals surface area contributed by atoms with Gasteiger partial charge in [0.25, 0.3) is 0 Å². The Morgan fingerprint density at radius 1 is 1.13 bits per heavy atom. The van der Waals surface area contributed by atoms with Crippen LogP contribution >= 0.6 is 0 Å². The fourth-order valence-corrected chi connectivity index (χ4v) is 2.76. The molecule has 1 saturated heterocycles. The first-order valence-electron chi connectivity index (χ1n) is 7.65. The summed E-state index contributed by atoms with van der Waals surface area (Å²) in [6.45, 7) is 3.27. The molecule has 23 heavy (non-hydrogen) atoms. The maximum absolute atomic E-state index is 12.2. The van der Waals surface area contributed by atoms with Gasteiger partial charge in [-0.3, -0.25) is 19.3 Å². The highest BCUT2D eigenvalue weighted by Gasteiger charge is 2.20. The molecule has 124 valence electrons. The number of anilines is 1. The first-order valence-corrected chi connectivity index (χ1v) is 7.65. The van der Waals surface area contributed by atoms with Gasteiger partial charge in [-0.25, -0.2) is 0 Å². The van der Waals surface area contributed by atoms with Gasteiger partial charge in [0.15, 0.2) is 0 Å². The Labute approximate surface area is 135 Å². The van der Waals surface area contributed by atoms with Crippen LogP contribution in [0.4, 0.5) is 5.69 Å². The second-order valence-corrected chi connectivity index (χ2v) is 5.89. The van der Waals surface area contributed by atoms with Crippen LogP contribution in [0, 0.1) is 0 Å². The summed E-state index contributed by atoms with van der Waals surface area (Å²) < 4.78 is 0. The topological polar surface area (TPSA) is 119 Å². The van der Waals surface area contributed by atoms with Crippen molar-refractivity contribution in [3.05, 3.63) is 29.3 Å². The molecule has 1 fully saturated rings. The minimum absolute atomic E-state index is 0.128. The van der Waals surface area contributed by atoms with Gasteiger partial charge in [0, 0.05) is 22.9 Å². The summed E-state index contributed by atoms with van der Waals surface area (Å²) in [5.41, 5.74) is 11.1. The molecule has 0 aromatic heterocycles. The molecule has 0 aliphatic carbocycles. The fourth-order valence-electron chi connectivity index (χ4n) is 2.76. The zero-order valence-corrected chi connectivity index (χ0v) is 13.2. The highest BCUT2D eigenvalue weighted by atomic mass is 16.2. The van der Waals surface area contributed by atoms with Gasteiger partial charge in [-0.15, -0.1) is 0 Å². The minimum atomic E-state index is -0.687. The Balaban J connectivity index is 2.10. The molecule has 1 unspecified atom stereocenters. The first-order chi connectivity index (χ1) is 10.9. The average molecular weight is 318 g/mol. The molecule has 1 aromatic carbocycles. The summed E-state index contributed by atoms with van der Waals surface area (Å²) in [6.07, 6.45) is 3.35. The molecule has 2 rings (SSSR count). The largest absolute Gasteiger partial charge is 0.366 e. The lowest BCUT2D eigenvalue weighted by Gasteiger charge is -2.32. The number of rotatable bonds is 5. The van der Waals surface area contributed by atoms with Crippen molar-refractivity contribution in [2.45, 2.75) is 32.2 Å². The zero-order valence-electron chi connectivity index (χ0n) is 13.2. The molecule has 7 nitrogen and oxygen atoms in total. The number of carbonyl (C=O) groups is 3. The Bertz CT molecular complexity index is 598. The normalized spacial score (nSPS) is 18.4. The number of piperidine rings is 1. The SMILES string of the molecule is CC1CCCCN1CC(=O)Nc1cc(C(N)=O)cc(C(N)=O)c1. The monoisotopic (exact) mass is 318 g/mol. The number of likely N-dealkylation sites (tertiary alicyclic amines) is 1. The van der Waals surface area contributed by atoms with E-state index in [-0.39, 0.29) is 23.6 Å². The summed E-state index contributed by atoms with van der Waals surface area (Å²) in [5.74, 6) is -1.57. The van der Waals surface area contributed by atoms with Gasteiger partial charge in [-0.1, -0.05) is 6.42 Å². The van der Waals surface area contributed by atoms with Crippen LogP contribution in [0.25, 0.3) is 0 Å². The lowest BCUT2D eigenvalue weighted by molar-refractivity contribution is -0.118. The number of hydrogen-bond donors (Lipinski definition) is 3. The van der Waals surface area contributed by atoms with Gasteiger partial charge in [-0.05, 0) is 44.5 Å². The van der Waals surface area contributed by atoms with Gasteiger partial charge in [0.1, 0.15) is 0 Å². The van der Waals surface area contributed by atoms with E-state index in [1.54, 1.807) is 0 Å². The van der Waals surface area contributed by atoms with Crippen molar-refractivity contribution >= 4 is 23.4 Å². The van der Waals surface area contributed by atoms with Gasteiger partial charge < -0.3 is 16.8 Å². The Hall–Kier alpha value is -2.41. The van der Waals surface area contributed by atoms with E-state index < -0.39 is 11.8 Å². The number of primary amides is 2. The van der Waals surface area contributed by atoms with Crippen molar-refractivity contribution in [3.8, 4) is 0 Å². The highest BCUT2D eigenvalue weighted by Crippen LogP contribution is 2.17. The number of nitrogens with one attached hydrogen (secondary N) is 1. The Morgan fingerprint density at radius 3 is 2.26 bits per heavy atom. The van der Waals surface area contributed by atoms with Crippen LogP contribution in [0.2, 0.25) is 0 Å². The maximum atomic E-state index is 12.2. The average Bonchev–Trinajstić information content (AvgIpc) is 2.49. The third-order valence-corrected chi connectivity index (χ3v) is 4.07. The van der Waals surface area contributed by atoms with Crippen molar-refractivity contribution in [2.75, 3.05) is 18.4 Å². The number of nitrogens with two attached hydrogens (primary N) is 2. The van der Waals surface area contributed by atoms with Crippen LogP contribution in [-0.4, -0.2) is 41.8 Å². The Kier molecular flexibility index (Phi) is 5.33. The molecule has 1 aromatic rings. The van der Waals surface area contributed by atoms with Crippen LogP contribution in [0.1, 0.15) is 46.9 Å². The third-order valence-electron chi connectivity index (χ3n) is 4.07. The number of carbonyl (C=O) groups excluding carboxylic acids is 3. The number of benzene rings is 1. The molecule has 1 heterocycles. The number of hydrogen-bond acceptors (Lipinski definition) is 4. The first kappa shape index (κ1) is 17.0. The van der Waals surface area contributed by atoms with Crippen molar-refractivity contribution in [1.82, 2.24) is 4.90 Å². The molecule has 1 aliphatic heterocycles. The molecule has 1 atom stereocenters. The van der Waals surface area contributed by atoms with Gasteiger partial charge in [0.05, 0.1) is 6.54 Å². The highest BCUT2D eigenvalue weighted by molar-refractivity contribution is 6.01. The molecule has 0 bridgehead atoms.